The Morgan fingerprint density at radius 3 is 2.40 bits per heavy atom. The lowest BCUT2D eigenvalue weighted by atomic mass is 9.89. The number of rotatable bonds is 1. The third-order valence-corrected chi connectivity index (χ3v) is 2.85. The average Bonchev–Trinajstić information content (AvgIpc) is 1.87. The molecule has 0 aromatic rings. The maximum atomic E-state index is 4.43. The molecule has 58 valence electrons. The Labute approximate surface area is 67.4 Å². The normalized spacial score (nSPS) is 42.6. The average molecular weight is 158 g/mol. The van der Waals surface area contributed by atoms with Gasteiger partial charge in [0.15, 0.2) is 0 Å². The molecule has 0 aromatic heterocycles. The lowest BCUT2D eigenvalue weighted by molar-refractivity contribution is -0.0180. The first-order valence-electron chi connectivity index (χ1n) is 3.95. The lowest BCUT2D eigenvalue weighted by Crippen LogP contribution is -2.69. The molecule has 1 N–H and O–H groups in total. The predicted octanol–water partition coefficient (Wildman–Crippen LogP) is 0.308. The minimum absolute atomic E-state index is 0.450. The molecule has 3 aliphatic heterocycles. The molecule has 3 fully saturated rings. The zero-order valence-corrected chi connectivity index (χ0v) is 7.14. The molecule has 0 radical (unpaired) electrons. The maximum absolute atomic E-state index is 4.43. The number of thiol groups is 1. The van der Waals surface area contributed by atoms with E-state index in [1.807, 2.05) is 0 Å². The van der Waals surface area contributed by atoms with E-state index in [-0.39, 0.29) is 0 Å². The molecule has 3 heteroatoms. The number of piperidine rings is 1. The summed E-state index contributed by atoms with van der Waals surface area (Å²) >= 11 is 4.43. The van der Waals surface area contributed by atoms with Crippen molar-refractivity contribution in [3.05, 3.63) is 0 Å². The van der Waals surface area contributed by atoms with Gasteiger partial charge in [0.1, 0.15) is 0 Å². The number of nitrogens with zero attached hydrogens (tertiary/aromatic N) is 1. The number of piperazine rings is 1. The summed E-state index contributed by atoms with van der Waals surface area (Å²) in [4.78, 5) is 2.50. The molecule has 0 amide bonds. The molecule has 3 heterocycles. The summed E-state index contributed by atoms with van der Waals surface area (Å²) in [5, 5.41) is 3.84. The van der Waals surface area contributed by atoms with Crippen LogP contribution in [-0.4, -0.2) is 35.4 Å². The van der Waals surface area contributed by atoms with Crippen molar-refractivity contribution in [3.63, 3.8) is 0 Å². The van der Waals surface area contributed by atoms with E-state index in [1.165, 1.54) is 19.5 Å². The summed E-state index contributed by atoms with van der Waals surface area (Å²) < 4.78 is 0. The lowest BCUT2D eigenvalue weighted by Gasteiger charge is -2.54. The highest BCUT2D eigenvalue weighted by atomic mass is 32.1. The number of hydrogen-bond acceptors (Lipinski definition) is 3. The SMILES string of the molecule is CC(S)N1C2CNCC1C2. The first-order valence-corrected chi connectivity index (χ1v) is 4.47. The fourth-order valence-corrected chi connectivity index (χ4v) is 2.50. The number of hydrogen-bond donors (Lipinski definition) is 2. The second-order valence-corrected chi connectivity index (χ2v) is 4.03. The molecule has 3 aliphatic rings. The van der Waals surface area contributed by atoms with E-state index in [2.05, 4.69) is 29.8 Å². The van der Waals surface area contributed by atoms with E-state index in [1.54, 1.807) is 0 Å². The molecule has 0 aliphatic carbocycles. The predicted molar refractivity (Wildman–Crippen MR) is 45.3 cm³/mol. The molecule has 3 unspecified atom stereocenters. The molecule has 0 saturated carbocycles. The fourth-order valence-electron chi connectivity index (χ4n) is 2.12. The zero-order chi connectivity index (χ0) is 7.14. The van der Waals surface area contributed by atoms with Crippen LogP contribution in [0.1, 0.15) is 13.3 Å². The largest absolute Gasteiger partial charge is 0.314 e. The second-order valence-electron chi connectivity index (χ2n) is 3.28. The van der Waals surface area contributed by atoms with Gasteiger partial charge < -0.3 is 5.32 Å². The highest BCUT2D eigenvalue weighted by Crippen LogP contribution is 2.31. The van der Waals surface area contributed by atoms with E-state index in [0.29, 0.717) is 5.37 Å². The van der Waals surface area contributed by atoms with Crippen LogP contribution in [0.4, 0.5) is 0 Å². The van der Waals surface area contributed by atoms with Crippen molar-refractivity contribution < 1.29 is 0 Å². The maximum Gasteiger partial charge on any atom is 0.0505 e. The van der Waals surface area contributed by atoms with Gasteiger partial charge in [-0.3, -0.25) is 4.90 Å². The van der Waals surface area contributed by atoms with Crippen LogP contribution in [0.2, 0.25) is 0 Å². The van der Waals surface area contributed by atoms with Gasteiger partial charge in [0, 0.05) is 25.2 Å². The van der Waals surface area contributed by atoms with Gasteiger partial charge in [0.2, 0.25) is 0 Å². The fraction of sp³-hybridized carbons (Fsp3) is 1.00. The van der Waals surface area contributed by atoms with Gasteiger partial charge in [-0.1, -0.05) is 0 Å². The molecule has 3 atom stereocenters. The van der Waals surface area contributed by atoms with Gasteiger partial charge in [-0.05, 0) is 13.3 Å². The second kappa shape index (κ2) is 2.40. The van der Waals surface area contributed by atoms with Crippen LogP contribution in [0.15, 0.2) is 0 Å². The summed E-state index contributed by atoms with van der Waals surface area (Å²) in [6.45, 7) is 4.50. The molecule has 0 spiro atoms. The third-order valence-electron chi connectivity index (χ3n) is 2.58. The van der Waals surface area contributed by atoms with Gasteiger partial charge in [-0.2, -0.15) is 12.6 Å². The van der Waals surface area contributed by atoms with Crippen molar-refractivity contribution >= 4 is 12.6 Å². The first-order chi connectivity index (χ1) is 4.79. The Kier molecular flexibility index (Phi) is 1.66. The molecule has 3 rings (SSSR count). The van der Waals surface area contributed by atoms with Crippen LogP contribution >= 0.6 is 12.6 Å². The number of fused-ring (bicyclic) bond motifs is 2. The Morgan fingerprint density at radius 1 is 1.50 bits per heavy atom. The van der Waals surface area contributed by atoms with Gasteiger partial charge in [0.05, 0.1) is 5.37 Å². The zero-order valence-electron chi connectivity index (χ0n) is 6.25. The smallest absolute Gasteiger partial charge is 0.0505 e. The molecule has 2 nitrogen and oxygen atoms in total. The standard InChI is InChI=1S/C7H14N2S/c1-5(10)9-6-2-7(9)4-8-3-6/h5-8,10H,2-4H2,1H3. The Morgan fingerprint density at radius 2 is 2.10 bits per heavy atom. The molecular weight excluding hydrogens is 144 g/mol. The van der Waals surface area contributed by atoms with Gasteiger partial charge in [-0.25, -0.2) is 0 Å². The van der Waals surface area contributed by atoms with E-state index in [0.717, 1.165) is 12.1 Å². The van der Waals surface area contributed by atoms with Gasteiger partial charge in [-0.15, -0.1) is 0 Å². The third kappa shape index (κ3) is 0.881. The van der Waals surface area contributed by atoms with Crippen molar-refractivity contribution in [2.75, 3.05) is 13.1 Å². The van der Waals surface area contributed by atoms with Crippen molar-refractivity contribution in [2.45, 2.75) is 30.8 Å². The van der Waals surface area contributed by atoms with Crippen molar-refractivity contribution in [1.82, 2.24) is 10.2 Å². The highest BCUT2D eigenvalue weighted by molar-refractivity contribution is 7.80. The Balaban J connectivity index is 1.99. The first kappa shape index (κ1) is 6.95. The molecule has 2 bridgehead atoms. The van der Waals surface area contributed by atoms with Crippen molar-refractivity contribution in [3.8, 4) is 0 Å². The molecule has 0 aromatic carbocycles. The van der Waals surface area contributed by atoms with Crippen LogP contribution < -0.4 is 5.32 Å². The van der Waals surface area contributed by atoms with Crippen molar-refractivity contribution in [1.29, 1.82) is 0 Å². The van der Waals surface area contributed by atoms with E-state index < -0.39 is 0 Å². The van der Waals surface area contributed by atoms with Crippen LogP contribution in [0.3, 0.4) is 0 Å². The van der Waals surface area contributed by atoms with Gasteiger partial charge in [0.25, 0.3) is 0 Å². The van der Waals surface area contributed by atoms with E-state index in [4.69, 9.17) is 0 Å². The van der Waals surface area contributed by atoms with Gasteiger partial charge >= 0.3 is 0 Å². The molecule has 10 heavy (non-hydrogen) atoms. The summed E-state index contributed by atoms with van der Waals surface area (Å²) in [5.74, 6) is 0. The monoisotopic (exact) mass is 158 g/mol. The minimum atomic E-state index is 0.450. The van der Waals surface area contributed by atoms with E-state index >= 15 is 0 Å². The summed E-state index contributed by atoms with van der Waals surface area (Å²) in [6, 6.07) is 1.57. The van der Waals surface area contributed by atoms with Crippen molar-refractivity contribution in [2.24, 2.45) is 0 Å². The molecule has 3 saturated heterocycles. The van der Waals surface area contributed by atoms with E-state index in [9.17, 15) is 0 Å². The number of nitrogens with one attached hydrogen (secondary N) is 1. The Bertz CT molecular complexity index is 124. The summed E-state index contributed by atoms with van der Waals surface area (Å²) in [6.07, 6.45) is 1.39. The minimum Gasteiger partial charge on any atom is -0.314 e. The molecular formula is C7H14N2S. The van der Waals surface area contributed by atoms with Crippen LogP contribution in [0.5, 0.6) is 0 Å². The quantitative estimate of drug-likeness (QED) is 0.534. The Hall–Kier alpha value is 0.270. The highest BCUT2D eigenvalue weighted by Gasteiger charge is 2.42. The topological polar surface area (TPSA) is 15.3 Å². The van der Waals surface area contributed by atoms with Crippen LogP contribution in [-0.2, 0) is 0 Å². The summed E-state index contributed by atoms with van der Waals surface area (Å²) in [5.41, 5.74) is 0. The van der Waals surface area contributed by atoms with Crippen LogP contribution in [0, 0.1) is 0 Å². The van der Waals surface area contributed by atoms with Crippen LogP contribution in [0.25, 0.3) is 0 Å². The summed E-state index contributed by atoms with van der Waals surface area (Å²) in [7, 11) is 0.